The Hall–Kier alpha value is -1.62. The molecule has 0 saturated heterocycles. The Balaban J connectivity index is 2.10. The average molecular weight is 233 g/mol. The summed E-state index contributed by atoms with van der Waals surface area (Å²) in [5, 5.41) is 11.0. The van der Waals surface area contributed by atoms with Crippen LogP contribution in [0.15, 0.2) is 35.5 Å². The van der Waals surface area contributed by atoms with E-state index in [1.807, 2.05) is 24.3 Å². The first-order valence-electron chi connectivity index (χ1n) is 4.80. The number of hydrogen-bond donors (Lipinski definition) is 0. The summed E-state index contributed by atoms with van der Waals surface area (Å²) in [4.78, 5) is 18.8. The van der Waals surface area contributed by atoms with Crippen LogP contribution in [0.2, 0.25) is 0 Å². The van der Waals surface area contributed by atoms with Gasteiger partial charge in [0.25, 0.3) is 0 Å². The molecule has 0 aliphatic heterocycles. The number of aromatic nitrogens is 2. The van der Waals surface area contributed by atoms with Crippen LogP contribution in [0.3, 0.4) is 0 Å². The monoisotopic (exact) mass is 233 g/mol. The highest BCUT2D eigenvalue weighted by molar-refractivity contribution is 7.99. The van der Waals surface area contributed by atoms with Gasteiger partial charge in [0.15, 0.2) is 0 Å². The van der Waals surface area contributed by atoms with E-state index in [1.165, 1.54) is 11.8 Å². The molecule has 0 atom stereocenters. The number of nitrogens with zero attached hydrogens (tertiary/aromatic N) is 2. The molecule has 0 aliphatic carbocycles. The van der Waals surface area contributed by atoms with Gasteiger partial charge in [0, 0.05) is 11.7 Å². The molecule has 1 aromatic carbocycles. The standard InChI is InChI=1S/C11H10N2O2S/c14-11(15)5-6-16-10-7-12-8-3-1-2-4-9(8)13-10/h1-4,7H,5-6H2,(H,14,15)/p-1. The second-order valence-corrected chi connectivity index (χ2v) is 4.28. The molecule has 1 aromatic heterocycles. The quantitative estimate of drug-likeness (QED) is 0.733. The SMILES string of the molecule is O=C([O-])CCSc1cnc2ccccc2n1. The first kappa shape index (κ1) is 10.9. The lowest BCUT2D eigenvalue weighted by Crippen LogP contribution is -2.22. The van der Waals surface area contributed by atoms with Gasteiger partial charge in [0.1, 0.15) is 5.03 Å². The number of thioether (sulfide) groups is 1. The molecule has 0 radical (unpaired) electrons. The number of carbonyl (C=O) groups is 1. The number of rotatable bonds is 4. The number of aliphatic carboxylic acids is 1. The van der Waals surface area contributed by atoms with Crippen molar-refractivity contribution in [3.63, 3.8) is 0 Å². The summed E-state index contributed by atoms with van der Waals surface area (Å²) in [5.41, 5.74) is 1.66. The Morgan fingerprint density at radius 2 is 2.06 bits per heavy atom. The summed E-state index contributed by atoms with van der Waals surface area (Å²) in [6, 6.07) is 7.57. The molecule has 0 N–H and O–H groups in total. The Kier molecular flexibility index (Phi) is 3.36. The summed E-state index contributed by atoms with van der Waals surface area (Å²) >= 11 is 1.37. The molecule has 2 rings (SSSR count). The highest BCUT2D eigenvalue weighted by atomic mass is 32.2. The van der Waals surface area contributed by atoms with E-state index in [0.717, 1.165) is 16.1 Å². The predicted molar refractivity (Wildman–Crippen MR) is 59.9 cm³/mol. The van der Waals surface area contributed by atoms with E-state index in [4.69, 9.17) is 0 Å². The van der Waals surface area contributed by atoms with E-state index in [1.54, 1.807) is 6.20 Å². The van der Waals surface area contributed by atoms with Crippen LogP contribution < -0.4 is 5.11 Å². The lowest BCUT2D eigenvalue weighted by atomic mass is 10.3. The van der Waals surface area contributed by atoms with Gasteiger partial charge in [-0.1, -0.05) is 12.1 Å². The van der Waals surface area contributed by atoms with Crippen LogP contribution >= 0.6 is 11.8 Å². The largest absolute Gasteiger partial charge is 0.550 e. The number of hydrogen-bond acceptors (Lipinski definition) is 5. The van der Waals surface area contributed by atoms with Crippen molar-refractivity contribution in [2.75, 3.05) is 5.75 Å². The zero-order valence-corrected chi connectivity index (χ0v) is 9.24. The van der Waals surface area contributed by atoms with Gasteiger partial charge in [-0.15, -0.1) is 11.8 Å². The predicted octanol–water partition coefficient (Wildman–Crippen LogP) is 0.862. The molecule has 0 fully saturated rings. The molecule has 0 bridgehead atoms. The summed E-state index contributed by atoms with van der Waals surface area (Å²) in [7, 11) is 0. The Labute approximate surface area is 96.7 Å². The van der Waals surface area contributed by atoms with Crippen molar-refractivity contribution in [1.82, 2.24) is 9.97 Å². The van der Waals surface area contributed by atoms with Crippen molar-refractivity contribution in [2.45, 2.75) is 11.4 Å². The minimum absolute atomic E-state index is 0.0270. The highest BCUT2D eigenvalue weighted by Crippen LogP contribution is 2.18. The second-order valence-electron chi connectivity index (χ2n) is 3.17. The van der Waals surface area contributed by atoms with E-state index in [2.05, 4.69) is 9.97 Å². The third-order valence-corrected chi connectivity index (χ3v) is 2.88. The fourth-order valence-electron chi connectivity index (χ4n) is 1.25. The molecule has 4 nitrogen and oxygen atoms in total. The van der Waals surface area contributed by atoms with E-state index in [9.17, 15) is 9.90 Å². The van der Waals surface area contributed by atoms with Gasteiger partial charge >= 0.3 is 0 Å². The second kappa shape index (κ2) is 4.94. The topological polar surface area (TPSA) is 65.9 Å². The van der Waals surface area contributed by atoms with E-state index in [-0.39, 0.29) is 6.42 Å². The zero-order valence-electron chi connectivity index (χ0n) is 8.42. The molecule has 0 unspecified atom stereocenters. The Morgan fingerprint density at radius 1 is 1.31 bits per heavy atom. The van der Waals surface area contributed by atoms with Gasteiger partial charge in [-0.25, -0.2) is 4.98 Å². The Bertz CT molecular complexity index is 516. The van der Waals surface area contributed by atoms with Gasteiger partial charge in [-0.3, -0.25) is 4.98 Å². The fraction of sp³-hybridized carbons (Fsp3) is 0.182. The van der Waals surface area contributed by atoms with Crippen molar-refractivity contribution >= 4 is 28.8 Å². The molecule has 0 aliphatic rings. The maximum Gasteiger partial charge on any atom is 0.115 e. The van der Waals surface area contributed by atoms with Crippen molar-refractivity contribution in [2.24, 2.45) is 0 Å². The number of carboxylic acid groups (broad SMARTS) is 1. The summed E-state index contributed by atoms with van der Waals surface area (Å²) in [6.45, 7) is 0. The van der Waals surface area contributed by atoms with Crippen LogP contribution in [0.5, 0.6) is 0 Å². The molecular formula is C11H9N2O2S-. The van der Waals surface area contributed by atoms with Crippen LogP contribution in [0.1, 0.15) is 6.42 Å². The Morgan fingerprint density at radius 3 is 2.81 bits per heavy atom. The van der Waals surface area contributed by atoms with E-state index < -0.39 is 5.97 Å². The first-order chi connectivity index (χ1) is 7.75. The zero-order chi connectivity index (χ0) is 11.4. The van der Waals surface area contributed by atoms with Crippen LogP contribution in [-0.4, -0.2) is 21.7 Å². The molecule has 5 heteroatoms. The maximum atomic E-state index is 10.2. The first-order valence-corrected chi connectivity index (χ1v) is 5.79. The summed E-state index contributed by atoms with van der Waals surface area (Å²) in [5.74, 6) is -0.587. The van der Waals surface area contributed by atoms with Gasteiger partial charge in [-0.2, -0.15) is 0 Å². The van der Waals surface area contributed by atoms with Gasteiger partial charge in [0.2, 0.25) is 0 Å². The van der Waals surface area contributed by atoms with Gasteiger partial charge in [0.05, 0.1) is 17.2 Å². The average Bonchev–Trinajstić information content (AvgIpc) is 2.28. The van der Waals surface area contributed by atoms with E-state index >= 15 is 0 Å². The molecular weight excluding hydrogens is 224 g/mol. The maximum absolute atomic E-state index is 10.2. The molecule has 1 heterocycles. The van der Waals surface area contributed by atoms with Gasteiger partial charge < -0.3 is 9.90 Å². The smallest absolute Gasteiger partial charge is 0.115 e. The normalized spacial score (nSPS) is 10.5. The number of carbonyl (C=O) groups excluding carboxylic acids is 1. The minimum atomic E-state index is -1.04. The lowest BCUT2D eigenvalue weighted by Gasteiger charge is -2.02. The van der Waals surface area contributed by atoms with Crippen LogP contribution in [0, 0.1) is 0 Å². The number of carboxylic acids is 1. The number of benzene rings is 1. The molecule has 82 valence electrons. The van der Waals surface area contributed by atoms with Crippen molar-refractivity contribution in [3.8, 4) is 0 Å². The number of para-hydroxylation sites is 2. The third-order valence-electron chi connectivity index (χ3n) is 1.98. The van der Waals surface area contributed by atoms with Gasteiger partial charge in [-0.05, 0) is 18.6 Å². The summed E-state index contributed by atoms with van der Waals surface area (Å²) in [6.07, 6.45) is 1.68. The van der Waals surface area contributed by atoms with Crippen molar-refractivity contribution in [3.05, 3.63) is 30.5 Å². The highest BCUT2D eigenvalue weighted by Gasteiger charge is 1.99. The van der Waals surface area contributed by atoms with Crippen molar-refractivity contribution < 1.29 is 9.90 Å². The number of fused-ring (bicyclic) bond motifs is 1. The van der Waals surface area contributed by atoms with E-state index in [0.29, 0.717) is 5.75 Å². The molecule has 16 heavy (non-hydrogen) atoms. The third kappa shape index (κ3) is 2.70. The summed E-state index contributed by atoms with van der Waals surface area (Å²) < 4.78 is 0. The molecule has 2 aromatic rings. The molecule has 0 amide bonds. The minimum Gasteiger partial charge on any atom is -0.550 e. The lowest BCUT2D eigenvalue weighted by molar-refractivity contribution is -0.305. The molecule has 0 spiro atoms. The molecule has 0 saturated carbocycles. The van der Waals surface area contributed by atoms with Crippen LogP contribution in [-0.2, 0) is 4.79 Å². The fourth-order valence-corrected chi connectivity index (χ4v) is 2.02. The van der Waals surface area contributed by atoms with Crippen molar-refractivity contribution in [1.29, 1.82) is 0 Å². The van der Waals surface area contributed by atoms with Crippen LogP contribution in [0.25, 0.3) is 11.0 Å². The van der Waals surface area contributed by atoms with Crippen LogP contribution in [0.4, 0.5) is 0 Å².